The second-order valence-electron chi connectivity index (χ2n) is 15.5. The summed E-state index contributed by atoms with van der Waals surface area (Å²) in [6, 6.07) is 44.9. The second-order valence-corrected chi connectivity index (χ2v) is 21.9. The number of aryl methyl sites for hydroxylation is 1. The van der Waals surface area contributed by atoms with Crippen LogP contribution in [0.2, 0.25) is 0 Å². The van der Waals surface area contributed by atoms with Gasteiger partial charge in [0.05, 0.1) is 0 Å². The van der Waals surface area contributed by atoms with Crippen molar-refractivity contribution in [2.45, 2.75) is 73.5 Å². The summed E-state index contributed by atoms with van der Waals surface area (Å²) in [6.45, 7) is 18.7. The molecule has 2 aliphatic rings. The van der Waals surface area contributed by atoms with Gasteiger partial charge in [0.25, 0.3) is 0 Å². The van der Waals surface area contributed by atoms with Crippen LogP contribution in [-0.4, -0.2) is 3.21 Å². The van der Waals surface area contributed by atoms with Crippen LogP contribution in [-0.2, 0) is 32.1 Å². The molecule has 5 aromatic rings. The Morgan fingerprint density at radius 2 is 1.00 bits per heavy atom. The third kappa shape index (κ3) is 5.50. The van der Waals surface area contributed by atoms with E-state index in [0.29, 0.717) is 7.25 Å². The molecule has 0 amide bonds. The van der Waals surface area contributed by atoms with E-state index in [0.717, 1.165) is 0 Å². The SMILES string of the molecule is CC1=C[CH]([Zr](=[C](c2ccccc2)c2ccccc2)[CH]2c3cc(C(C)(C)C)ccc3-c3ccc(C(C)(C)C)cc32)c2cc(C)ccc21. The number of rotatable bonds is 4. The maximum absolute atomic E-state index is 2.88. The Morgan fingerprint density at radius 1 is 0.522 bits per heavy atom. The average Bonchev–Trinajstić information content (AvgIpc) is 3.52. The molecule has 0 saturated carbocycles. The van der Waals surface area contributed by atoms with E-state index in [9.17, 15) is 0 Å². The molecule has 2 aliphatic carbocycles. The summed E-state index contributed by atoms with van der Waals surface area (Å²) in [5.74, 6) is 0. The Balaban J connectivity index is 1.65. The van der Waals surface area contributed by atoms with Crippen molar-refractivity contribution in [2.24, 2.45) is 0 Å². The first kappa shape index (κ1) is 31.2. The third-order valence-corrected chi connectivity index (χ3v) is 18.9. The Kier molecular flexibility index (Phi) is 7.93. The summed E-state index contributed by atoms with van der Waals surface area (Å²) in [5, 5.41) is 0. The predicted octanol–water partition coefficient (Wildman–Crippen LogP) is 11.7. The number of allylic oxidation sites excluding steroid dienone is 2. The van der Waals surface area contributed by atoms with E-state index in [1.54, 1.807) is 19.9 Å². The molecular formula is C45H46Zr. The van der Waals surface area contributed by atoms with Gasteiger partial charge in [0, 0.05) is 0 Å². The fraction of sp³-hybridized carbons (Fsp3) is 0.267. The Hall–Kier alpha value is -3.41. The Bertz CT molecular complexity index is 1910. The molecule has 0 fully saturated rings. The zero-order chi connectivity index (χ0) is 32.4. The first-order valence-corrected chi connectivity index (χ1v) is 20.9. The summed E-state index contributed by atoms with van der Waals surface area (Å²) >= 11 is -2.88. The zero-order valence-corrected chi connectivity index (χ0v) is 31.2. The van der Waals surface area contributed by atoms with Gasteiger partial charge in [0.15, 0.2) is 0 Å². The van der Waals surface area contributed by atoms with Crippen LogP contribution in [0.15, 0.2) is 121 Å². The minimum atomic E-state index is -2.88. The fourth-order valence-corrected chi connectivity index (χ4v) is 17.8. The molecule has 0 spiro atoms. The van der Waals surface area contributed by atoms with Crippen LogP contribution in [0.5, 0.6) is 0 Å². The van der Waals surface area contributed by atoms with Crippen LogP contribution < -0.4 is 0 Å². The standard InChI is InChI=1S/C21H25.C13H10.C11H11.Zr/c1-20(2,3)16-7-9-18-14(12-16)11-15-13-17(21(4,5)6)8-10-19(15)18;1-3-7-12(8-4-1)11-13-9-5-2-6-10-13;1-8-3-6-11-9(2)4-5-10(11)7-8;/h7-13H,1-6H3;1-10H;3-7H,1-2H3;. The van der Waals surface area contributed by atoms with Crippen molar-refractivity contribution in [1.82, 2.24) is 0 Å². The molecule has 1 unspecified atom stereocenters. The average molecular weight is 678 g/mol. The van der Waals surface area contributed by atoms with Gasteiger partial charge in [0.1, 0.15) is 0 Å². The molecule has 0 saturated heterocycles. The van der Waals surface area contributed by atoms with Gasteiger partial charge in [-0.05, 0) is 0 Å². The van der Waals surface area contributed by atoms with E-state index in [-0.39, 0.29) is 10.8 Å². The van der Waals surface area contributed by atoms with Crippen LogP contribution >= 0.6 is 0 Å². The summed E-state index contributed by atoms with van der Waals surface area (Å²) in [5.41, 5.74) is 17.6. The molecule has 0 aliphatic heterocycles. The van der Waals surface area contributed by atoms with Crippen LogP contribution in [0.25, 0.3) is 16.7 Å². The predicted molar refractivity (Wildman–Crippen MR) is 195 cm³/mol. The van der Waals surface area contributed by atoms with Crippen molar-refractivity contribution in [3.05, 3.63) is 171 Å². The number of hydrogen-bond donors (Lipinski definition) is 0. The zero-order valence-electron chi connectivity index (χ0n) is 28.7. The van der Waals surface area contributed by atoms with Crippen molar-refractivity contribution in [3.8, 4) is 11.1 Å². The van der Waals surface area contributed by atoms with E-state index < -0.39 is 21.3 Å². The first-order chi connectivity index (χ1) is 21.9. The van der Waals surface area contributed by atoms with Crippen LogP contribution in [0.1, 0.15) is 106 Å². The minimum absolute atomic E-state index is 0.0768. The molecule has 0 heterocycles. The summed E-state index contributed by atoms with van der Waals surface area (Å²) in [7, 11) is 0. The van der Waals surface area contributed by atoms with Gasteiger partial charge < -0.3 is 0 Å². The molecule has 7 rings (SSSR count). The third-order valence-electron chi connectivity index (χ3n) is 10.2. The summed E-state index contributed by atoms with van der Waals surface area (Å²) in [6.07, 6.45) is 2.67. The molecule has 1 atom stereocenters. The van der Waals surface area contributed by atoms with E-state index >= 15 is 0 Å². The van der Waals surface area contributed by atoms with Gasteiger partial charge in [0.2, 0.25) is 0 Å². The van der Waals surface area contributed by atoms with Crippen LogP contribution in [0, 0.1) is 6.92 Å². The molecule has 0 radical (unpaired) electrons. The van der Waals surface area contributed by atoms with E-state index in [1.165, 1.54) is 50.1 Å². The van der Waals surface area contributed by atoms with Gasteiger partial charge in [-0.3, -0.25) is 0 Å². The molecule has 0 nitrogen and oxygen atoms in total. The van der Waals surface area contributed by atoms with Crippen molar-refractivity contribution >= 4 is 8.78 Å². The second kappa shape index (κ2) is 11.7. The normalized spacial score (nSPS) is 15.7. The van der Waals surface area contributed by atoms with Gasteiger partial charge >= 0.3 is 286 Å². The van der Waals surface area contributed by atoms with E-state index in [1.807, 2.05) is 0 Å². The summed E-state index contributed by atoms with van der Waals surface area (Å²) < 4.78 is 2.43. The molecule has 5 aromatic carbocycles. The Labute approximate surface area is 284 Å². The Morgan fingerprint density at radius 3 is 1.48 bits per heavy atom. The molecule has 0 bridgehead atoms. The maximum atomic E-state index is 2.67. The van der Waals surface area contributed by atoms with Gasteiger partial charge in [-0.15, -0.1) is 0 Å². The number of fused-ring (bicyclic) bond motifs is 4. The molecule has 0 N–H and O–H groups in total. The summed E-state index contributed by atoms with van der Waals surface area (Å²) in [4.78, 5) is 0. The number of benzene rings is 5. The van der Waals surface area contributed by atoms with Crippen LogP contribution in [0.3, 0.4) is 0 Å². The van der Waals surface area contributed by atoms with Crippen molar-refractivity contribution in [3.63, 3.8) is 0 Å². The van der Waals surface area contributed by atoms with E-state index in [2.05, 4.69) is 177 Å². The first-order valence-electron chi connectivity index (χ1n) is 16.9. The van der Waals surface area contributed by atoms with Crippen molar-refractivity contribution in [1.29, 1.82) is 0 Å². The van der Waals surface area contributed by atoms with Crippen LogP contribution in [0.4, 0.5) is 0 Å². The van der Waals surface area contributed by atoms with Gasteiger partial charge in [-0.1, -0.05) is 0 Å². The molecule has 0 aromatic heterocycles. The quantitative estimate of drug-likeness (QED) is 0.178. The van der Waals surface area contributed by atoms with Crippen molar-refractivity contribution < 1.29 is 21.3 Å². The molecule has 46 heavy (non-hydrogen) atoms. The van der Waals surface area contributed by atoms with Gasteiger partial charge in [-0.25, -0.2) is 0 Å². The molecular weight excluding hydrogens is 632 g/mol. The monoisotopic (exact) mass is 676 g/mol. The van der Waals surface area contributed by atoms with E-state index in [4.69, 9.17) is 0 Å². The molecule has 230 valence electrons. The topological polar surface area (TPSA) is 0 Å². The van der Waals surface area contributed by atoms with Gasteiger partial charge in [-0.2, -0.15) is 0 Å². The fourth-order valence-electron chi connectivity index (χ4n) is 7.70. The van der Waals surface area contributed by atoms with Crippen molar-refractivity contribution in [2.75, 3.05) is 0 Å². The molecule has 1 heteroatoms. The number of hydrogen-bond acceptors (Lipinski definition) is 0.